The van der Waals surface area contributed by atoms with E-state index in [0.29, 0.717) is 23.8 Å². The molecular weight excluding hydrogens is 390 g/mol. The smallest absolute Gasteiger partial charge is 0.309 e. The van der Waals surface area contributed by atoms with Crippen LogP contribution in [-0.4, -0.2) is 62.8 Å². The number of aliphatic carboxylic acids is 1. The quantitative estimate of drug-likeness (QED) is 0.763. The number of likely N-dealkylation sites (tertiary alicyclic amines) is 1. The van der Waals surface area contributed by atoms with Gasteiger partial charge in [-0.1, -0.05) is 19.3 Å². The second-order valence-corrected chi connectivity index (χ2v) is 9.48. The van der Waals surface area contributed by atoms with E-state index >= 15 is 0 Å². The first kappa shape index (κ1) is 21.7. The lowest BCUT2D eigenvalue weighted by atomic mass is 9.91. The van der Waals surface area contributed by atoms with Crippen LogP contribution in [0, 0.1) is 6.92 Å². The normalized spacial score (nSPS) is 18.6. The van der Waals surface area contributed by atoms with Gasteiger partial charge >= 0.3 is 5.97 Å². The van der Waals surface area contributed by atoms with Gasteiger partial charge in [0.15, 0.2) is 0 Å². The molecule has 2 fully saturated rings. The maximum Gasteiger partial charge on any atom is 0.309 e. The largest absolute Gasteiger partial charge is 0.481 e. The zero-order valence-corrected chi connectivity index (χ0v) is 18.2. The van der Waals surface area contributed by atoms with Crippen LogP contribution in [0.25, 0.3) is 0 Å². The number of carboxylic acids is 1. The maximum atomic E-state index is 13.4. The van der Waals surface area contributed by atoms with Gasteiger partial charge in [-0.05, 0) is 32.6 Å². The van der Waals surface area contributed by atoms with E-state index in [1.54, 1.807) is 6.92 Å². The highest BCUT2D eigenvalue weighted by atomic mass is 32.1. The topological polar surface area (TPSA) is 90.8 Å². The van der Waals surface area contributed by atoms with Gasteiger partial charge in [-0.3, -0.25) is 14.4 Å². The molecule has 0 bridgehead atoms. The Morgan fingerprint density at radius 3 is 2.28 bits per heavy atom. The molecule has 0 spiro atoms. The average Bonchev–Trinajstić information content (AvgIpc) is 3.01. The first-order valence-corrected chi connectivity index (χ1v) is 11.4. The molecule has 1 saturated carbocycles. The molecule has 2 amide bonds. The molecule has 1 N–H and O–H groups in total. The number of aromatic nitrogens is 1. The van der Waals surface area contributed by atoms with E-state index in [1.165, 1.54) is 17.8 Å². The highest BCUT2D eigenvalue weighted by Gasteiger charge is 2.34. The molecule has 29 heavy (non-hydrogen) atoms. The van der Waals surface area contributed by atoms with Crippen LogP contribution >= 0.6 is 11.3 Å². The first-order chi connectivity index (χ1) is 13.8. The molecular formula is C21H31N3O4S. The number of rotatable bonds is 6. The van der Waals surface area contributed by atoms with Crippen molar-refractivity contribution in [3.63, 3.8) is 0 Å². The molecule has 8 heteroatoms. The lowest BCUT2D eigenvalue weighted by Gasteiger charge is -2.43. The second-order valence-electron chi connectivity index (χ2n) is 8.19. The van der Waals surface area contributed by atoms with Gasteiger partial charge in [-0.15, -0.1) is 11.3 Å². The van der Waals surface area contributed by atoms with Gasteiger partial charge in [-0.2, -0.15) is 0 Å². The van der Waals surface area contributed by atoms with Gasteiger partial charge in [0.25, 0.3) is 0 Å². The van der Waals surface area contributed by atoms with Gasteiger partial charge in [-0.25, -0.2) is 4.98 Å². The Hall–Kier alpha value is -1.96. The molecule has 1 aromatic heterocycles. The summed E-state index contributed by atoms with van der Waals surface area (Å²) in [6, 6.07) is 0.436. The number of amides is 2. The van der Waals surface area contributed by atoms with Gasteiger partial charge < -0.3 is 14.9 Å². The Morgan fingerprint density at radius 2 is 1.69 bits per heavy atom. The monoisotopic (exact) mass is 421 g/mol. The number of hydrogen-bond acceptors (Lipinski definition) is 5. The Balaban J connectivity index is 1.72. The number of piperidine rings is 1. The van der Waals surface area contributed by atoms with Crippen molar-refractivity contribution < 1.29 is 19.5 Å². The Labute approximate surface area is 176 Å². The fourth-order valence-corrected chi connectivity index (χ4v) is 5.56. The van der Waals surface area contributed by atoms with Crippen LogP contribution in [0.1, 0.15) is 67.4 Å². The second kappa shape index (κ2) is 9.69. The van der Waals surface area contributed by atoms with E-state index in [0.717, 1.165) is 43.4 Å². The number of hydrogen-bond donors (Lipinski definition) is 1. The number of carboxylic acid groups (broad SMARTS) is 1. The van der Waals surface area contributed by atoms with Crippen molar-refractivity contribution in [2.45, 2.75) is 83.7 Å². The van der Waals surface area contributed by atoms with Crippen LogP contribution in [0.15, 0.2) is 0 Å². The van der Waals surface area contributed by atoms with Gasteiger partial charge in [0.05, 0.1) is 18.5 Å². The van der Waals surface area contributed by atoms with Crippen LogP contribution < -0.4 is 0 Å². The van der Waals surface area contributed by atoms with E-state index in [4.69, 9.17) is 5.11 Å². The lowest BCUT2D eigenvalue weighted by Crippen LogP contribution is -2.53. The van der Waals surface area contributed by atoms with Crippen LogP contribution in [0.3, 0.4) is 0 Å². The Kier molecular flexibility index (Phi) is 7.27. The Bertz CT molecular complexity index is 749. The zero-order chi connectivity index (χ0) is 21.0. The number of aryl methyl sites for hydroxylation is 1. The average molecular weight is 422 g/mol. The molecule has 0 atom stereocenters. The van der Waals surface area contributed by atoms with Crippen molar-refractivity contribution in [3.8, 4) is 0 Å². The van der Waals surface area contributed by atoms with Gasteiger partial charge in [0, 0.05) is 37.0 Å². The number of nitrogens with zero attached hydrogens (tertiary/aromatic N) is 3. The molecule has 2 heterocycles. The predicted octanol–water partition coefficient (Wildman–Crippen LogP) is 2.79. The molecule has 7 nitrogen and oxygen atoms in total. The summed E-state index contributed by atoms with van der Waals surface area (Å²) in [4.78, 5) is 45.3. The number of carbonyl (C=O) groups is 3. The third-order valence-corrected chi connectivity index (χ3v) is 7.13. The zero-order valence-electron chi connectivity index (χ0n) is 17.4. The fraction of sp³-hybridized carbons (Fsp3) is 0.714. The summed E-state index contributed by atoms with van der Waals surface area (Å²) in [5.74, 6) is -0.714. The minimum absolute atomic E-state index is 0.0915. The van der Waals surface area contributed by atoms with Crippen molar-refractivity contribution in [3.05, 3.63) is 15.6 Å². The molecule has 1 saturated heterocycles. The number of carbonyl (C=O) groups excluding carboxylic acids is 2. The highest BCUT2D eigenvalue weighted by molar-refractivity contribution is 7.11. The van der Waals surface area contributed by atoms with Gasteiger partial charge in [0.2, 0.25) is 11.8 Å². The van der Waals surface area contributed by atoms with Crippen molar-refractivity contribution in [1.29, 1.82) is 0 Å². The van der Waals surface area contributed by atoms with Crippen LogP contribution in [0.4, 0.5) is 0 Å². The van der Waals surface area contributed by atoms with Crippen LogP contribution in [-0.2, 0) is 27.2 Å². The molecule has 160 valence electrons. The van der Waals surface area contributed by atoms with Crippen molar-refractivity contribution in [2.24, 2.45) is 0 Å². The van der Waals surface area contributed by atoms with E-state index in [2.05, 4.69) is 9.88 Å². The third-order valence-electron chi connectivity index (χ3n) is 6.12. The molecule has 1 aliphatic carbocycles. The maximum absolute atomic E-state index is 13.4. The summed E-state index contributed by atoms with van der Waals surface area (Å²) >= 11 is 1.42. The number of thiazole rings is 1. The van der Waals surface area contributed by atoms with E-state index in [1.807, 2.05) is 11.8 Å². The lowest BCUT2D eigenvalue weighted by molar-refractivity contribution is -0.139. The highest BCUT2D eigenvalue weighted by Crippen LogP contribution is 2.29. The molecule has 0 radical (unpaired) electrons. The van der Waals surface area contributed by atoms with E-state index < -0.39 is 5.97 Å². The van der Waals surface area contributed by atoms with Crippen molar-refractivity contribution in [1.82, 2.24) is 14.8 Å². The summed E-state index contributed by atoms with van der Waals surface area (Å²) in [5.41, 5.74) is 0.560. The summed E-state index contributed by atoms with van der Waals surface area (Å²) in [7, 11) is 0. The van der Waals surface area contributed by atoms with Crippen LogP contribution in [0.2, 0.25) is 0 Å². The van der Waals surface area contributed by atoms with E-state index in [-0.39, 0.29) is 36.7 Å². The van der Waals surface area contributed by atoms with Crippen molar-refractivity contribution >= 4 is 29.1 Å². The van der Waals surface area contributed by atoms with Crippen LogP contribution in [0.5, 0.6) is 0 Å². The summed E-state index contributed by atoms with van der Waals surface area (Å²) < 4.78 is 0. The first-order valence-electron chi connectivity index (χ1n) is 10.6. The molecule has 1 aliphatic heterocycles. The minimum atomic E-state index is -0.905. The standard InChI is InChI=1S/C21H31N3O4S/c1-14-18(12-21(27)28)22-19(29-14)13-20(26)24(16-6-4-3-5-7-16)17-8-10-23(11-9-17)15(2)25/h16-17H,3-13H2,1-2H3,(H,27,28). The molecule has 2 aliphatic rings. The van der Waals surface area contributed by atoms with Crippen molar-refractivity contribution in [2.75, 3.05) is 13.1 Å². The Morgan fingerprint density at radius 1 is 1.07 bits per heavy atom. The minimum Gasteiger partial charge on any atom is -0.481 e. The SMILES string of the molecule is CC(=O)N1CCC(N(C(=O)Cc2nc(CC(=O)O)c(C)s2)C2CCCCC2)CC1. The van der Waals surface area contributed by atoms with E-state index in [9.17, 15) is 14.4 Å². The fourth-order valence-electron chi connectivity index (χ4n) is 4.61. The van der Waals surface area contributed by atoms with Gasteiger partial charge in [0.1, 0.15) is 5.01 Å². The molecule has 3 rings (SSSR count). The summed E-state index contributed by atoms with van der Waals surface area (Å²) in [6.07, 6.45) is 7.39. The predicted molar refractivity (Wildman–Crippen MR) is 111 cm³/mol. The summed E-state index contributed by atoms with van der Waals surface area (Å²) in [5, 5.41) is 9.73. The molecule has 1 aromatic rings. The summed E-state index contributed by atoms with van der Waals surface area (Å²) in [6.45, 7) is 4.87. The third kappa shape index (κ3) is 5.56. The molecule has 0 unspecified atom stereocenters. The molecule has 0 aromatic carbocycles.